The maximum Gasteiger partial charge on any atom is 0.260 e. The van der Waals surface area contributed by atoms with Crippen LogP contribution in [-0.4, -0.2) is 83.7 Å². The van der Waals surface area contributed by atoms with Gasteiger partial charge in [0.15, 0.2) is 0 Å². The van der Waals surface area contributed by atoms with E-state index >= 15 is 0 Å². The highest BCUT2D eigenvalue weighted by atomic mass is 35.5. The number of carbonyl (C=O) groups excluding carboxylic acids is 1. The lowest BCUT2D eigenvalue weighted by Crippen LogP contribution is -2.48. The number of piperazine rings is 1. The number of carbonyl (C=O) groups is 1. The Morgan fingerprint density at radius 3 is 2.24 bits per heavy atom. The highest BCUT2D eigenvalue weighted by Crippen LogP contribution is 2.45. The summed E-state index contributed by atoms with van der Waals surface area (Å²) in [5, 5.41) is 4.45. The van der Waals surface area contributed by atoms with Gasteiger partial charge in [-0.1, -0.05) is 37.0 Å². The van der Waals surface area contributed by atoms with Crippen LogP contribution in [0.2, 0.25) is 10.0 Å². The lowest BCUT2D eigenvalue weighted by Gasteiger charge is -2.34. The average molecular weight is 620 g/mol. The summed E-state index contributed by atoms with van der Waals surface area (Å²) >= 11 is 13.4. The van der Waals surface area contributed by atoms with E-state index in [1.165, 1.54) is 27.1 Å². The molecule has 1 aliphatic heterocycles. The second-order valence-corrected chi connectivity index (χ2v) is 11.1. The van der Waals surface area contributed by atoms with Crippen molar-refractivity contribution in [3.8, 4) is 22.6 Å². The summed E-state index contributed by atoms with van der Waals surface area (Å²) in [5.41, 5.74) is 0.943. The Hall–Kier alpha value is -3.08. The summed E-state index contributed by atoms with van der Waals surface area (Å²) in [7, 11) is 2.99. The van der Waals surface area contributed by atoms with E-state index in [2.05, 4.69) is 15.2 Å². The Morgan fingerprint density at radius 1 is 1.02 bits per heavy atom. The first kappa shape index (κ1) is 31.8. The zero-order valence-electron chi connectivity index (χ0n) is 25.0. The Balaban J connectivity index is 0.00000198. The molecule has 1 aliphatic carbocycles. The third-order valence-corrected chi connectivity index (χ3v) is 8.34. The van der Waals surface area contributed by atoms with E-state index in [9.17, 15) is 9.59 Å². The Labute approximate surface area is 256 Å². The number of nitrogens with zero attached hydrogens (tertiary/aromatic N) is 5. The molecule has 0 radical (unpaired) electrons. The molecule has 1 aromatic carbocycles. The number of rotatable bonds is 10. The topological polar surface area (TPSA) is 102 Å². The van der Waals surface area contributed by atoms with Crippen molar-refractivity contribution in [2.45, 2.75) is 46.6 Å². The smallest absolute Gasteiger partial charge is 0.260 e. The molecule has 3 heterocycles. The number of nitrogens with one attached hydrogen (secondary N) is 1. The molecule has 10 nitrogen and oxygen atoms in total. The fourth-order valence-corrected chi connectivity index (χ4v) is 5.75. The normalized spacial score (nSPS) is 15.3. The molecule has 2 fully saturated rings. The largest absolute Gasteiger partial charge is 0.495 e. The molecule has 228 valence electrons. The van der Waals surface area contributed by atoms with E-state index in [1.807, 2.05) is 18.7 Å². The number of halogens is 2. The van der Waals surface area contributed by atoms with Crippen molar-refractivity contribution in [1.29, 1.82) is 0 Å². The minimum Gasteiger partial charge on any atom is -0.495 e. The Kier molecular flexibility index (Phi) is 10.9. The van der Waals surface area contributed by atoms with Crippen molar-refractivity contribution in [3.63, 3.8) is 0 Å². The third-order valence-electron chi connectivity index (χ3n) is 7.59. The van der Waals surface area contributed by atoms with Gasteiger partial charge in [-0.15, -0.1) is 0 Å². The zero-order valence-corrected chi connectivity index (χ0v) is 26.5. The maximum absolute atomic E-state index is 14.1. The van der Waals surface area contributed by atoms with E-state index < -0.39 is 0 Å². The van der Waals surface area contributed by atoms with Crippen LogP contribution in [-0.2, 0) is 11.3 Å². The zero-order chi connectivity index (χ0) is 30.4. The van der Waals surface area contributed by atoms with Crippen LogP contribution in [0.15, 0.2) is 23.1 Å². The lowest BCUT2D eigenvalue weighted by atomic mass is 10.0. The van der Waals surface area contributed by atoms with Gasteiger partial charge in [-0.2, -0.15) is 4.98 Å². The minimum absolute atomic E-state index is 0.103. The van der Waals surface area contributed by atoms with Gasteiger partial charge in [0.25, 0.3) is 5.56 Å². The number of aromatic nitrogens is 3. The highest BCUT2D eigenvalue weighted by Gasteiger charge is 2.25. The lowest BCUT2D eigenvalue weighted by molar-refractivity contribution is -0.130. The van der Waals surface area contributed by atoms with Gasteiger partial charge in [0.05, 0.1) is 29.8 Å². The van der Waals surface area contributed by atoms with Gasteiger partial charge >= 0.3 is 0 Å². The molecule has 42 heavy (non-hydrogen) atoms. The molecule has 1 N–H and O–H groups in total. The van der Waals surface area contributed by atoms with Crippen molar-refractivity contribution in [1.82, 2.24) is 24.3 Å². The summed E-state index contributed by atoms with van der Waals surface area (Å²) < 4.78 is 12.6. The van der Waals surface area contributed by atoms with Crippen molar-refractivity contribution in [2.75, 3.05) is 58.8 Å². The Morgan fingerprint density at radius 2 is 1.67 bits per heavy atom. The minimum atomic E-state index is -0.264. The first-order chi connectivity index (χ1) is 20.3. The van der Waals surface area contributed by atoms with Crippen LogP contribution in [0.4, 0.5) is 5.95 Å². The van der Waals surface area contributed by atoms with Crippen LogP contribution in [0.1, 0.15) is 40.0 Å². The first-order valence-electron chi connectivity index (χ1n) is 14.5. The van der Waals surface area contributed by atoms with Crippen LogP contribution < -0.4 is 20.3 Å². The number of fused-ring (bicyclic) bond motifs is 1. The van der Waals surface area contributed by atoms with Crippen molar-refractivity contribution in [2.24, 2.45) is 5.92 Å². The number of aryl methyl sites for hydroxylation is 1. The monoisotopic (exact) mass is 618 g/mol. The van der Waals surface area contributed by atoms with E-state index in [-0.39, 0.29) is 21.5 Å². The van der Waals surface area contributed by atoms with Gasteiger partial charge in [-0.25, -0.2) is 4.98 Å². The van der Waals surface area contributed by atoms with E-state index in [0.717, 1.165) is 32.6 Å². The van der Waals surface area contributed by atoms with Gasteiger partial charge in [0.1, 0.15) is 17.1 Å². The van der Waals surface area contributed by atoms with E-state index in [0.29, 0.717) is 65.2 Å². The fraction of sp³-hybridized carbons (Fsp3) is 0.533. The SMILES string of the molecule is CC.COc1cc(OC)c(Cl)c(-c2cc3cnc(NCC4CC4)nc3n(CCCN3CCN(C(C)=O)CC3)c2=O)c1Cl. The van der Waals surface area contributed by atoms with E-state index in [1.54, 1.807) is 29.8 Å². The number of hydrogen-bond acceptors (Lipinski definition) is 8. The van der Waals surface area contributed by atoms with Gasteiger partial charge < -0.3 is 19.7 Å². The van der Waals surface area contributed by atoms with Crippen molar-refractivity contribution < 1.29 is 14.3 Å². The second kappa shape index (κ2) is 14.4. The van der Waals surface area contributed by atoms with Gasteiger partial charge in [0.2, 0.25) is 11.9 Å². The number of anilines is 1. The van der Waals surface area contributed by atoms with Gasteiger partial charge in [-0.3, -0.25) is 19.1 Å². The van der Waals surface area contributed by atoms with Gasteiger partial charge in [-0.05, 0) is 37.8 Å². The summed E-state index contributed by atoms with van der Waals surface area (Å²) in [6.45, 7) is 10.7. The molecule has 5 rings (SSSR count). The number of benzene rings is 1. The van der Waals surface area contributed by atoms with Crippen molar-refractivity contribution in [3.05, 3.63) is 38.7 Å². The fourth-order valence-electron chi connectivity index (χ4n) is 5.05. The molecule has 1 amide bonds. The van der Waals surface area contributed by atoms with Crippen LogP contribution >= 0.6 is 23.2 Å². The molecule has 0 spiro atoms. The summed E-state index contributed by atoms with van der Waals surface area (Å²) in [5.74, 6) is 1.96. The quantitative estimate of drug-likeness (QED) is 0.331. The number of hydrogen-bond donors (Lipinski definition) is 1. The summed E-state index contributed by atoms with van der Waals surface area (Å²) in [6.07, 6.45) is 4.86. The molecule has 0 bridgehead atoms. The van der Waals surface area contributed by atoms with E-state index in [4.69, 9.17) is 37.7 Å². The summed E-state index contributed by atoms with van der Waals surface area (Å²) in [6, 6.07) is 3.33. The number of methoxy groups -OCH3 is 2. The Bertz CT molecular complexity index is 1440. The van der Waals surface area contributed by atoms with Crippen LogP contribution in [0.3, 0.4) is 0 Å². The molecule has 2 aromatic heterocycles. The first-order valence-corrected chi connectivity index (χ1v) is 15.3. The molecule has 12 heteroatoms. The number of amides is 1. The van der Waals surface area contributed by atoms with Crippen LogP contribution in [0.5, 0.6) is 11.5 Å². The van der Waals surface area contributed by atoms with Crippen LogP contribution in [0.25, 0.3) is 22.2 Å². The number of pyridine rings is 1. The van der Waals surface area contributed by atoms with Crippen molar-refractivity contribution >= 4 is 46.1 Å². The molecule has 3 aromatic rings. The number of ether oxygens (including phenoxy) is 2. The molecule has 2 aliphatic rings. The second-order valence-electron chi connectivity index (χ2n) is 10.3. The predicted octanol–water partition coefficient (Wildman–Crippen LogP) is 5.18. The standard InChI is InChI=1S/C28H34Cl2N6O4.C2H6/c1-17(37)35-11-9-34(10-12-35)7-4-8-36-26-19(16-32-28(33-26)31-15-18-5-6-18)13-20(27(36)38)23-24(29)21(39-2)14-22(40-3)25(23)30;1-2/h13-14,16,18H,4-12,15H2,1-3H3,(H,31,32,33);1-2H3. The molecule has 1 saturated carbocycles. The molecule has 0 atom stereocenters. The summed E-state index contributed by atoms with van der Waals surface area (Å²) in [4.78, 5) is 39.2. The van der Waals surface area contributed by atoms with Crippen LogP contribution in [0, 0.1) is 5.92 Å². The molecular weight excluding hydrogens is 579 g/mol. The average Bonchev–Trinajstić information content (AvgIpc) is 3.84. The molecule has 1 saturated heterocycles. The predicted molar refractivity (Wildman–Crippen MR) is 168 cm³/mol. The maximum atomic E-state index is 14.1. The molecular formula is C30H40Cl2N6O4. The highest BCUT2D eigenvalue weighted by molar-refractivity contribution is 6.41. The van der Waals surface area contributed by atoms with Gasteiger partial charge in [0, 0.05) is 69.4 Å². The third kappa shape index (κ3) is 7.10. The molecule has 0 unspecified atom stereocenters.